The Balaban J connectivity index is 1.66. The van der Waals surface area contributed by atoms with E-state index in [1.54, 1.807) is 35.6 Å². The van der Waals surface area contributed by atoms with Crippen molar-refractivity contribution in [3.8, 4) is 0 Å². The Bertz CT molecular complexity index is 838. The van der Waals surface area contributed by atoms with Gasteiger partial charge in [0, 0.05) is 21.1 Å². The highest BCUT2D eigenvalue weighted by Crippen LogP contribution is 2.28. The topological polar surface area (TPSA) is 42.0 Å². The van der Waals surface area contributed by atoms with E-state index in [-0.39, 0.29) is 5.56 Å². The fourth-order valence-electron chi connectivity index (χ4n) is 1.96. The van der Waals surface area contributed by atoms with E-state index < -0.39 is 11.7 Å². The van der Waals surface area contributed by atoms with Gasteiger partial charge in [0.1, 0.15) is 11.0 Å². The lowest BCUT2D eigenvalue weighted by Gasteiger charge is -2.07. The number of benzene rings is 1. The number of thioether (sulfide) groups is 1. The molecule has 0 aliphatic rings. The SMILES string of the molecule is O=C(Nc1ccc(Cl)nc1)c1ccc(SCc2cccs2)c(F)c1. The number of halogens is 2. The van der Waals surface area contributed by atoms with Gasteiger partial charge in [0.05, 0.1) is 11.9 Å². The van der Waals surface area contributed by atoms with Gasteiger partial charge in [-0.3, -0.25) is 4.79 Å². The summed E-state index contributed by atoms with van der Waals surface area (Å²) in [5, 5.41) is 4.99. The highest BCUT2D eigenvalue weighted by Gasteiger charge is 2.11. The molecular weight excluding hydrogens is 367 g/mol. The Morgan fingerprint density at radius 3 is 2.83 bits per heavy atom. The molecule has 0 unspecified atom stereocenters. The quantitative estimate of drug-likeness (QED) is 0.472. The first kappa shape index (κ1) is 17.0. The summed E-state index contributed by atoms with van der Waals surface area (Å²) in [4.78, 5) is 17.7. The van der Waals surface area contributed by atoms with Crippen LogP contribution in [-0.2, 0) is 5.75 Å². The van der Waals surface area contributed by atoms with Crippen molar-refractivity contribution < 1.29 is 9.18 Å². The Hall–Kier alpha value is -1.89. The number of hydrogen-bond acceptors (Lipinski definition) is 4. The molecule has 1 amide bonds. The summed E-state index contributed by atoms with van der Waals surface area (Å²) in [6.07, 6.45) is 1.45. The van der Waals surface area contributed by atoms with E-state index in [1.807, 2.05) is 17.5 Å². The Kier molecular flexibility index (Phi) is 5.50. The monoisotopic (exact) mass is 378 g/mol. The van der Waals surface area contributed by atoms with E-state index in [0.29, 0.717) is 21.5 Å². The molecule has 0 saturated heterocycles. The van der Waals surface area contributed by atoms with Crippen molar-refractivity contribution in [1.29, 1.82) is 0 Å². The maximum Gasteiger partial charge on any atom is 0.255 e. The average molecular weight is 379 g/mol. The Morgan fingerprint density at radius 1 is 1.29 bits per heavy atom. The molecule has 3 nitrogen and oxygen atoms in total. The minimum Gasteiger partial charge on any atom is -0.321 e. The van der Waals surface area contributed by atoms with Crippen LogP contribution >= 0.6 is 34.7 Å². The van der Waals surface area contributed by atoms with Crippen molar-refractivity contribution in [2.24, 2.45) is 0 Å². The number of carbonyl (C=O) groups is 1. The van der Waals surface area contributed by atoms with Crippen molar-refractivity contribution in [3.05, 3.63) is 75.5 Å². The van der Waals surface area contributed by atoms with Crippen molar-refractivity contribution >= 4 is 46.3 Å². The summed E-state index contributed by atoms with van der Waals surface area (Å²) < 4.78 is 14.2. The number of nitrogens with zero attached hydrogens (tertiary/aromatic N) is 1. The number of rotatable bonds is 5. The third kappa shape index (κ3) is 4.35. The fraction of sp³-hybridized carbons (Fsp3) is 0.0588. The van der Waals surface area contributed by atoms with Crippen LogP contribution in [0.25, 0.3) is 0 Å². The maximum atomic E-state index is 14.2. The summed E-state index contributed by atoms with van der Waals surface area (Å²) in [5.41, 5.74) is 0.754. The number of amides is 1. The van der Waals surface area contributed by atoms with E-state index in [1.165, 1.54) is 28.9 Å². The van der Waals surface area contributed by atoms with Crippen molar-refractivity contribution in [2.45, 2.75) is 10.6 Å². The number of pyridine rings is 1. The second kappa shape index (κ2) is 7.79. The van der Waals surface area contributed by atoms with Crippen molar-refractivity contribution in [1.82, 2.24) is 4.98 Å². The molecule has 0 spiro atoms. The van der Waals surface area contributed by atoms with Crippen LogP contribution < -0.4 is 5.32 Å². The average Bonchev–Trinajstić information content (AvgIpc) is 3.09. The van der Waals surface area contributed by atoms with E-state index in [4.69, 9.17) is 11.6 Å². The molecular formula is C17H12ClFN2OS2. The van der Waals surface area contributed by atoms with Crippen molar-refractivity contribution in [2.75, 3.05) is 5.32 Å². The number of nitrogens with one attached hydrogen (secondary N) is 1. The fourth-order valence-corrected chi connectivity index (χ4v) is 3.76. The van der Waals surface area contributed by atoms with Gasteiger partial charge < -0.3 is 5.32 Å². The van der Waals surface area contributed by atoms with E-state index >= 15 is 0 Å². The zero-order chi connectivity index (χ0) is 16.9. The van der Waals surface area contributed by atoms with Crippen LogP contribution in [0.15, 0.2) is 58.9 Å². The molecule has 0 fully saturated rings. The number of carbonyl (C=O) groups excluding carboxylic acids is 1. The molecule has 0 radical (unpaired) electrons. The standard InChI is InChI=1S/C17H12ClFN2OS2/c18-16-6-4-12(9-20-16)21-17(22)11-3-5-15(14(19)8-11)24-10-13-2-1-7-23-13/h1-9H,10H2,(H,21,22). The summed E-state index contributed by atoms with van der Waals surface area (Å²) in [6, 6.07) is 11.7. The molecule has 24 heavy (non-hydrogen) atoms. The number of aromatic nitrogens is 1. The molecule has 0 aliphatic heterocycles. The van der Waals surface area contributed by atoms with E-state index in [2.05, 4.69) is 10.3 Å². The number of hydrogen-bond donors (Lipinski definition) is 1. The molecule has 2 aromatic heterocycles. The predicted octanol–water partition coefficient (Wildman–Crippen LogP) is 5.48. The molecule has 1 N–H and O–H groups in total. The van der Waals surface area contributed by atoms with Gasteiger partial charge in [-0.2, -0.15) is 0 Å². The molecule has 3 aromatic rings. The lowest BCUT2D eigenvalue weighted by atomic mass is 10.2. The van der Waals surface area contributed by atoms with E-state index in [9.17, 15) is 9.18 Å². The van der Waals surface area contributed by atoms with Crippen LogP contribution in [0.2, 0.25) is 5.15 Å². The molecule has 0 aliphatic carbocycles. The van der Waals surface area contributed by atoms with Crippen LogP contribution in [0.1, 0.15) is 15.2 Å². The van der Waals surface area contributed by atoms with Gasteiger partial charge in [-0.05, 0) is 41.8 Å². The number of anilines is 1. The molecule has 3 rings (SSSR count). The van der Waals surface area contributed by atoms with Crippen molar-refractivity contribution in [3.63, 3.8) is 0 Å². The first-order valence-electron chi connectivity index (χ1n) is 6.99. The van der Waals surface area contributed by atoms with Crippen LogP contribution in [0.4, 0.5) is 10.1 Å². The molecule has 2 heterocycles. The van der Waals surface area contributed by atoms with Gasteiger partial charge in [0.15, 0.2) is 0 Å². The van der Waals surface area contributed by atoms with Crippen LogP contribution in [0, 0.1) is 5.82 Å². The highest BCUT2D eigenvalue weighted by molar-refractivity contribution is 7.98. The van der Waals surface area contributed by atoms with E-state index in [0.717, 1.165) is 0 Å². The zero-order valence-electron chi connectivity index (χ0n) is 12.3. The Labute approximate surface area is 151 Å². The Morgan fingerprint density at radius 2 is 2.17 bits per heavy atom. The first-order chi connectivity index (χ1) is 11.6. The number of thiophene rings is 1. The lowest BCUT2D eigenvalue weighted by Crippen LogP contribution is -2.12. The third-order valence-corrected chi connectivity index (χ3v) is 5.51. The minimum absolute atomic E-state index is 0.253. The minimum atomic E-state index is -0.404. The summed E-state index contributed by atoms with van der Waals surface area (Å²) >= 11 is 8.74. The molecule has 7 heteroatoms. The first-order valence-corrected chi connectivity index (χ1v) is 9.24. The van der Waals surface area contributed by atoms with Gasteiger partial charge in [-0.1, -0.05) is 17.7 Å². The molecule has 0 atom stereocenters. The summed E-state index contributed by atoms with van der Waals surface area (Å²) in [7, 11) is 0. The zero-order valence-corrected chi connectivity index (χ0v) is 14.7. The third-order valence-electron chi connectivity index (χ3n) is 3.13. The molecule has 0 saturated carbocycles. The normalized spacial score (nSPS) is 10.6. The van der Waals surface area contributed by atoms with Crippen LogP contribution in [0.5, 0.6) is 0 Å². The predicted molar refractivity (Wildman–Crippen MR) is 97.5 cm³/mol. The van der Waals surface area contributed by atoms with Crippen LogP contribution in [0.3, 0.4) is 0 Å². The highest BCUT2D eigenvalue weighted by atomic mass is 35.5. The molecule has 122 valence electrons. The van der Waals surface area contributed by atoms with Gasteiger partial charge in [0.25, 0.3) is 5.91 Å². The maximum absolute atomic E-state index is 14.2. The van der Waals surface area contributed by atoms with Gasteiger partial charge in [0.2, 0.25) is 0 Å². The lowest BCUT2D eigenvalue weighted by molar-refractivity contribution is 0.102. The largest absolute Gasteiger partial charge is 0.321 e. The van der Waals surface area contributed by atoms with Gasteiger partial charge >= 0.3 is 0 Å². The molecule has 1 aromatic carbocycles. The smallest absolute Gasteiger partial charge is 0.255 e. The summed E-state index contributed by atoms with van der Waals surface area (Å²) in [6.45, 7) is 0. The molecule has 0 bridgehead atoms. The van der Waals surface area contributed by atoms with Gasteiger partial charge in [-0.25, -0.2) is 9.37 Å². The summed E-state index contributed by atoms with van der Waals surface area (Å²) in [5.74, 6) is -0.0948. The van der Waals surface area contributed by atoms with Gasteiger partial charge in [-0.15, -0.1) is 23.1 Å². The van der Waals surface area contributed by atoms with Crippen LogP contribution in [-0.4, -0.2) is 10.9 Å². The second-order valence-corrected chi connectivity index (χ2v) is 7.27. The second-order valence-electron chi connectivity index (χ2n) is 4.84.